The van der Waals surface area contributed by atoms with Crippen LogP contribution in [0.3, 0.4) is 0 Å². The molecule has 1 aromatic rings. The van der Waals surface area contributed by atoms with Gasteiger partial charge >= 0.3 is 6.03 Å². The number of rotatable bonds is 6. The largest absolute Gasteiger partial charge is 0.467 e. The summed E-state index contributed by atoms with van der Waals surface area (Å²) in [5.41, 5.74) is 0. The molecule has 0 aliphatic carbocycles. The fraction of sp³-hybridized carbons (Fsp3) is 0.500. The normalized spacial score (nSPS) is 13.7. The zero-order chi connectivity index (χ0) is 13.5. The van der Waals surface area contributed by atoms with Gasteiger partial charge in [-0.3, -0.25) is 0 Å². The van der Waals surface area contributed by atoms with E-state index in [9.17, 15) is 14.7 Å². The van der Waals surface area contributed by atoms with E-state index in [1.165, 1.54) is 11.2 Å². The van der Waals surface area contributed by atoms with E-state index >= 15 is 0 Å². The van der Waals surface area contributed by atoms with Crippen LogP contribution in [0.5, 0.6) is 0 Å². The predicted molar refractivity (Wildman–Crippen MR) is 64.9 cm³/mol. The number of urea groups is 1. The molecule has 1 aromatic heterocycles. The first-order valence-electron chi connectivity index (χ1n) is 5.74. The molecule has 0 radical (unpaired) electrons. The highest BCUT2D eigenvalue weighted by Crippen LogP contribution is 2.11. The summed E-state index contributed by atoms with van der Waals surface area (Å²) in [6.07, 6.45) is 1.45. The Kier molecular flexibility index (Phi) is 5.38. The van der Waals surface area contributed by atoms with E-state index in [0.717, 1.165) is 0 Å². The number of aldehydes is 1. The van der Waals surface area contributed by atoms with Gasteiger partial charge in [-0.2, -0.15) is 0 Å². The molecule has 2 amide bonds. The highest BCUT2D eigenvalue weighted by Gasteiger charge is 2.24. The average molecular weight is 254 g/mol. The number of hydrogen-bond acceptors (Lipinski definition) is 4. The van der Waals surface area contributed by atoms with Gasteiger partial charge in [0, 0.05) is 0 Å². The Balaban J connectivity index is 2.74. The molecule has 0 aromatic carbocycles. The van der Waals surface area contributed by atoms with Crippen LogP contribution in [-0.4, -0.2) is 41.0 Å². The van der Waals surface area contributed by atoms with Crippen LogP contribution in [0.15, 0.2) is 22.8 Å². The molecule has 6 nitrogen and oxygen atoms in total. The van der Waals surface area contributed by atoms with Gasteiger partial charge in [-0.05, 0) is 26.0 Å². The lowest BCUT2D eigenvalue weighted by molar-refractivity contribution is -0.107. The van der Waals surface area contributed by atoms with E-state index in [-0.39, 0.29) is 19.1 Å². The second-order valence-electron chi connectivity index (χ2n) is 4.04. The second kappa shape index (κ2) is 6.80. The zero-order valence-corrected chi connectivity index (χ0v) is 10.5. The highest BCUT2D eigenvalue weighted by atomic mass is 16.3. The Morgan fingerprint density at radius 1 is 1.61 bits per heavy atom. The van der Waals surface area contributed by atoms with Gasteiger partial charge in [-0.25, -0.2) is 4.79 Å². The van der Waals surface area contributed by atoms with Crippen LogP contribution in [0.25, 0.3) is 0 Å². The number of carbonyl (C=O) groups is 2. The van der Waals surface area contributed by atoms with Gasteiger partial charge in [0.15, 0.2) is 0 Å². The monoisotopic (exact) mass is 254 g/mol. The fourth-order valence-electron chi connectivity index (χ4n) is 1.46. The number of amides is 2. The third-order valence-electron chi connectivity index (χ3n) is 2.69. The van der Waals surface area contributed by atoms with Crippen LogP contribution in [0, 0.1) is 0 Å². The molecule has 0 saturated heterocycles. The van der Waals surface area contributed by atoms with Crippen molar-refractivity contribution in [3.05, 3.63) is 24.2 Å². The summed E-state index contributed by atoms with van der Waals surface area (Å²) in [5, 5.41) is 12.0. The maximum atomic E-state index is 11.9. The first kappa shape index (κ1) is 14.2. The van der Waals surface area contributed by atoms with E-state index in [4.69, 9.17) is 4.42 Å². The molecule has 0 spiro atoms. The van der Waals surface area contributed by atoms with E-state index < -0.39 is 12.1 Å². The number of furan rings is 1. The van der Waals surface area contributed by atoms with Crippen LogP contribution < -0.4 is 5.32 Å². The molecule has 0 aliphatic rings. The SMILES string of the molecule is C[C@H](O)[C@H](C)N(Cc1ccco1)C(=O)NCC=O. The summed E-state index contributed by atoms with van der Waals surface area (Å²) < 4.78 is 5.18. The molecule has 0 fully saturated rings. The van der Waals surface area contributed by atoms with Crippen molar-refractivity contribution in [2.45, 2.75) is 32.5 Å². The van der Waals surface area contributed by atoms with Crippen molar-refractivity contribution >= 4 is 12.3 Å². The van der Waals surface area contributed by atoms with Crippen molar-refractivity contribution in [1.29, 1.82) is 0 Å². The van der Waals surface area contributed by atoms with Gasteiger partial charge in [0.25, 0.3) is 0 Å². The summed E-state index contributed by atoms with van der Waals surface area (Å²) in [4.78, 5) is 23.6. The van der Waals surface area contributed by atoms with Crippen molar-refractivity contribution in [2.24, 2.45) is 0 Å². The van der Waals surface area contributed by atoms with Crippen LogP contribution >= 0.6 is 0 Å². The molecule has 1 rings (SSSR count). The summed E-state index contributed by atoms with van der Waals surface area (Å²) in [5.74, 6) is 0.615. The Hall–Kier alpha value is -1.82. The van der Waals surface area contributed by atoms with Gasteiger partial charge in [0.2, 0.25) is 0 Å². The lowest BCUT2D eigenvalue weighted by atomic mass is 10.2. The zero-order valence-electron chi connectivity index (χ0n) is 10.5. The second-order valence-corrected chi connectivity index (χ2v) is 4.04. The summed E-state index contributed by atoms with van der Waals surface area (Å²) in [6, 6.07) is 2.67. The van der Waals surface area contributed by atoms with Crippen LogP contribution in [0.4, 0.5) is 4.79 Å². The van der Waals surface area contributed by atoms with Crippen molar-refractivity contribution in [3.63, 3.8) is 0 Å². The lowest BCUT2D eigenvalue weighted by Crippen LogP contribution is -2.48. The Morgan fingerprint density at radius 2 is 2.33 bits per heavy atom. The Bertz CT molecular complexity index is 375. The first-order valence-corrected chi connectivity index (χ1v) is 5.74. The molecule has 0 saturated carbocycles. The molecule has 0 aliphatic heterocycles. The topological polar surface area (TPSA) is 82.8 Å². The molecular formula is C12H18N2O4. The predicted octanol–water partition coefficient (Wildman–Crippen LogP) is 0.759. The van der Waals surface area contributed by atoms with Gasteiger partial charge < -0.3 is 24.5 Å². The van der Waals surface area contributed by atoms with Gasteiger partial charge in [0.1, 0.15) is 12.0 Å². The molecule has 1 heterocycles. The Labute approximate surface area is 106 Å². The van der Waals surface area contributed by atoms with E-state index in [0.29, 0.717) is 12.0 Å². The lowest BCUT2D eigenvalue weighted by Gasteiger charge is -2.30. The standard InChI is InChI=1S/C12H18N2O4/c1-9(10(2)16)14(12(17)13-5-6-15)8-11-4-3-7-18-11/h3-4,6-7,9-10,16H,5,8H2,1-2H3,(H,13,17)/t9-,10-/m0/s1. The number of hydrogen-bond donors (Lipinski definition) is 2. The van der Waals surface area contributed by atoms with E-state index in [2.05, 4.69) is 5.32 Å². The van der Waals surface area contributed by atoms with Gasteiger partial charge in [-0.1, -0.05) is 0 Å². The number of nitrogens with zero attached hydrogens (tertiary/aromatic N) is 1. The van der Waals surface area contributed by atoms with Crippen molar-refractivity contribution < 1.29 is 19.1 Å². The molecule has 18 heavy (non-hydrogen) atoms. The minimum Gasteiger partial charge on any atom is -0.467 e. The van der Waals surface area contributed by atoms with Crippen molar-refractivity contribution in [1.82, 2.24) is 10.2 Å². The van der Waals surface area contributed by atoms with Crippen molar-refractivity contribution in [3.8, 4) is 0 Å². The fourth-order valence-corrected chi connectivity index (χ4v) is 1.46. The molecular weight excluding hydrogens is 236 g/mol. The van der Waals surface area contributed by atoms with Crippen LogP contribution in [0.1, 0.15) is 19.6 Å². The summed E-state index contributed by atoms with van der Waals surface area (Å²) in [6.45, 7) is 3.52. The third-order valence-corrected chi connectivity index (χ3v) is 2.69. The molecule has 2 N–H and O–H groups in total. The maximum Gasteiger partial charge on any atom is 0.318 e. The van der Waals surface area contributed by atoms with Crippen molar-refractivity contribution in [2.75, 3.05) is 6.54 Å². The molecule has 0 unspecified atom stereocenters. The number of aliphatic hydroxyl groups is 1. The quantitative estimate of drug-likeness (QED) is 0.734. The first-order chi connectivity index (χ1) is 8.56. The number of aliphatic hydroxyl groups excluding tert-OH is 1. The van der Waals surface area contributed by atoms with Crippen LogP contribution in [0.2, 0.25) is 0 Å². The van der Waals surface area contributed by atoms with Gasteiger partial charge in [0.05, 0.1) is 31.5 Å². The molecule has 0 bridgehead atoms. The highest BCUT2D eigenvalue weighted by molar-refractivity contribution is 5.77. The van der Waals surface area contributed by atoms with Gasteiger partial charge in [-0.15, -0.1) is 0 Å². The molecule has 100 valence electrons. The minimum absolute atomic E-state index is 0.0555. The molecule has 2 atom stereocenters. The summed E-state index contributed by atoms with van der Waals surface area (Å²) in [7, 11) is 0. The average Bonchev–Trinajstić information content (AvgIpc) is 2.84. The Morgan fingerprint density at radius 3 is 2.83 bits per heavy atom. The smallest absolute Gasteiger partial charge is 0.318 e. The third kappa shape index (κ3) is 3.89. The number of carbonyl (C=O) groups excluding carboxylic acids is 2. The summed E-state index contributed by atoms with van der Waals surface area (Å²) >= 11 is 0. The van der Waals surface area contributed by atoms with Crippen LogP contribution in [-0.2, 0) is 11.3 Å². The van der Waals surface area contributed by atoms with E-state index in [1.807, 2.05) is 0 Å². The molecule has 6 heteroatoms. The van der Waals surface area contributed by atoms with E-state index in [1.54, 1.807) is 26.0 Å². The minimum atomic E-state index is -0.679. The number of nitrogens with one attached hydrogen (secondary N) is 1. The maximum absolute atomic E-state index is 11.9.